The van der Waals surface area contributed by atoms with Crippen LogP contribution < -0.4 is 16.4 Å². The van der Waals surface area contributed by atoms with Crippen LogP contribution in [0.5, 0.6) is 0 Å². The van der Waals surface area contributed by atoms with Crippen molar-refractivity contribution in [1.29, 1.82) is 0 Å². The Balaban J connectivity index is 1.96. The van der Waals surface area contributed by atoms with Gasteiger partial charge in [0.2, 0.25) is 0 Å². The maximum absolute atomic E-state index is 12.1. The Labute approximate surface area is 137 Å². The Hall–Kier alpha value is -3.00. The summed E-state index contributed by atoms with van der Waals surface area (Å²) in [6.07, 6.45) is 0. The van der Waals surface area contributed by atoms with E-state index in [9.17, 15) is 14.9 Å². The van der Waals surface area contributed by atoms with E-state index in [4.69, 9.17) is 18.0 Å². The lowest BCUT2D eigenvalue weighted by atomic mass is 10.1. The molecule has 23 heavy (non-hydrogen) atoms. The number of nitrogens with one attached hydrogen (secondary N) is 2. The van der Waals surface area contributed by atoms with Crippen LogP contribution in [0.25, 0.3) is 0 Å². The van der Waals surface area contributed by atoms with Crippen molar-refractivity contribution in [3.8, 4) is 0 Å². The second-order valence-corrected chi connectivity index (χ2v) is 5.06. The number of nitrogens with zero attached hydrogens (tertiary/aromatic N) is 1. The summed E-state index contributed by atoms with van der Waals surface area (Å²) in [4.78, 5) is 22.2. The molecule has 0 saturated carbocycles. The standard InChI is InChI=1S/C15H14N4O3S/c16-13-8-11(19(21)22)6-7-12(13)14(20)18-15(23)17-9-10-4-2-1-3-5-10/h1-8H,9,16H2,(H2,17,18,20,23). The number of thiocarbonyl (C=S) groups is 1. The highest BCUT2D eigenvalue weighted by Crippen LogP contribution is 2.19. The average Bonchev–Trinajstić information content (AvgIpc) is 2.53. The summed E-state index contributed by atoms with van der Waals surface area (Å²) in [5.74, 6) is -0.525. The van der Waals surface area contributed by atoms with E-state index in [-0.39, 0.29) is 22.1 Å². The van der Waals surface area contributed by atoms with Gasteiger partial charge in [-0.3, -0.25) is 20.2 Å². The minimum atomic E-state index is -0.579. The van der Waals surface area contributed by atoms with E-state index >= 15 is 0 Å². The molecule has 0 aliphatic rings. The van der Waals surface area contributed by atoms with E-state index in [0.717, 1.165) is 11.6 Å². The summed E-state index contributed by atoms with van der Waals surface area (Å²) in [7, 11) is 0. The molecule has 0 fully saturated rings. The van der Waals surface area contributed by atoms with E-state index in [1.165, 1.54) is 12.1 Å². The summed E-state index contributed by atoms with van der Waals surface area (Å²) >= 11 is 5.05. The largest absolute Gasteiger partial charge is 0.398 e. The van der Waals surface area contributed by atoms with E-state index in [1.54, 1.807) is 0 Å². The fourth-order valence-electron chi connectivity index (χ4n) is 1.86. The van der Waals surface area contributed by atoms with Gasteiger partial charge in [-0.2, -0.15) is 0 Å². The second kappa shape index (κ2) is 7.32. The van der Waals surface area contributed by atoms with Crippen molar-refractivity contribution in [3.05, 3.63) is 69.8 Å². The van der Waals surface area contributed by atoms with E-state index in [0.29, 0.717) is 6.54 Å². The van der Waals surface area contributed by atoms with Crippen molar-refractivity contribution in [2.45, 2.75) is 6.54 Å². The minimum Gasteiger partial charge on any atom is -0.398 e. The second-order valence-electron chi connectivity index (χ2n) is 4.65. The molecule has 4 N–H and O–H groups in total. The number of benzene rings is 2. The van der Waals surface area contributed by atoms with Gasteiger partial charge in [0.25, 0.3) is 11.6 Å². The summed E-state index contributed by atoms with van der Waals surface area (Å²) in [5.41, 5.74) is 6.65. The van der Waals surface area contributed by atoms with Crippen molar-refractivity contribution >= 4 is 34.6 Å². The molecule has 0 aliphatic carbocycles. The summed E-state index contributed by atoms with van der Waals surface area (Å²) in [6.45, 7) is 0.468. The lowest BCUT2D eigenvalue weighted by Gasteiger charge is -2.10. The molecule has 7 nitrogen and oxygen atoms in total. The Morgan fingerprint density at radius 2 is 1.91 bits per heavy atom. The highest BCUT2D eigenvalue weighted by Gasteiger charge is 2.15. The van der Waals surface area contributed by atoms with Gasteiger partial charge in [0, 0.05) is 18.7 Å². The maximum Gasteiger partial charge on any atom is 0.271 e. The number of rotatable bonds is 4. The van der Waals surface area contributed by atoms with Gasteiger partial charge in [-0.15, -0.1) is 0 Å². The fraction of sp³-hybridized carbons (Fsp3) is 0.0667. The van der Waals surface area contributed by atoms with Crippen LogP contribution in [-0.2, 0) is 6.54 Å². The van der Waals surface area contributed by atoms with Crippen LogP contribution in [0.1, 0.15) is 15.9 Å². The smallest absolute Gasteiger partial charge is 0.271 e. The first kappa shape index (κ1) is 16.4. The molecule has 1 amide bonds. The van der Waals surface area contributed by atoms with E-state index in [2.05, 4.69) is 10.6 Å². The van der Waals surface area contributed by atoms with Gasteiger partial charge in [-0.25, -0.2) is 0 Å². The number of nitrogen functional groups attached to an aromatic ring is 1. The number of anilines is 1. The zero-order valence-corrected chi connectivity index (χ0v) is 12.8. The number of nitro benzene ring substituents is 1. The fourth-order valence-corrected chi connectivity index (χ4v) is 2.03. The van der Waals surface area contributed by atoms with Crippen molar-refractivity contribution in [2.75, 3.05) is 5.73 Å². The van der Waals surface area contributed by atoms with Gasteiger partial charge in [0.05, 0.1) is 16.2 Å². The van der Waals surface area contributed by atoms with Crippen LogP contribution in [0.4, 0.5) is 11.4 Å². The molecule has 0 saturated heterocycles. The highest BCUT2D eigenvalue weighted by atomic mass is 32.1. The molecule has 0 radical (unpaired) electrons. The molecule has 0 unspecified atom stereocenters. The number of hydrogen-bond donors (Lipinski definition) is 3. The Morgan fingerprint density at radius 3 is 2.52 bits per heavy atom. The lowest BCUT2D eigenvalue weighted by molar-refractivity contribution is -0.384. The number of nitro groups is 1. The number of carbonyl (C=O) groups is 1. The first-order valence-corrected chi connectivity index (χ1v) is 7.05. The van der Waals surface area contributed by atoms with Crippen molar-refractivity contribution in [1.82, 2.24) is 10.6 Å². The topological polar surface area (TPSA) is 110 Å². The molecular formula is C15H14N4O3S. The summed E-state index contributed by atoms with van der Waals surface area (Å²) in [6, 6.07) is 13.2. The van der Waals surface area contributed by atoms with E-state index < -0.39 is 10.8 Å². The van der Waals surface area contributed by atoms with Crippen LogP contribution in [0.3, 0.4) is 0 Å². The maximum atomic E-state index is 12.1. The lowest BCUT2D eigenvalue weighted by Crippen LogP contribution is -2.39. The molecule has 0 atom stereocenters. The SMILES string of the molecule is Nc1cc([N+](=O)[O-])ccc1C(=O)NC(=S)NCc1ccccc1. The predicted octanol–water partition coefficient (Wildman–Crippen LogP) is 1.98. The number of hydrogen-bond acceptors (Lipinski definition) is 5. The van der Waals surface area contributed by atoms with Crippen molar-refractivity contribution in [2.24, 2.45) is 0 Å². The van der Waals surface area contributed by atoms with Crippen LogP contribution in [0, 0.1) is 10.1 Å². The molecule has 8 heteroatoms. The molecule has 2 rings (SSSR count). The molecule has 0 spiro atoms. The molecule has 0 bridgehead atoms. The zero-order valence-electron chi connectivity index (χ0n) is 12.0. The van der Waals surface area contributed by atoms with Gasteiger partial charge in [0.1, 0.15) is 0 Å². The first-order chi connectivity index (χ1) is 11.0. The molecule has 2 aromatic rings. The van der Waals surface area contributed by atoms with Crippen LogP contribution in [-0.4, -0.2) is 15.9 Å². The molecule has 118 valence electrons. The average molecular weight is 330 g/mol. The van der Waals surface area contributed by atoms with Gasteiger partial charge in [-0.05, 0) is 23.8 Å². The number of amides is 1. The van der Waals surface area contributed by atoms with Gasteiger partial charge in [-0.1, -0.05) is 30.3 Å². The molecule has 0 aromatic heterocycles. The summed E-state index contributed by atoms with van der Waals surface area (Å²) in [5, 5.41) is 16.2. The quantitative estimate of drug-likeness (QED) is 0.342. The molecule has 0 heterocycles. The number of carbonyl (C=O) groups excluding carboxylic acids is 1. The first-order valence-electron chi connectivity index (χ1n) is 6.64. The van der Waals surface area contributed by atoms with Crippen molar-refractivity contribution < 1.29 is 9.72 Å². The van der Waals surface area contributed by atoms with Gasteiger partial charge < -0.3 is 11.1 Å². The third kappa shape index (κ3) is 4.48. The molecule has 2 aromatic carbocycles. The van der Waals surface area contributed by atoms with Crippen LogP contribution in [0.15, 0.2) is 48.5 Å². The Bertz CT molecular complexity index is 750. The van der Waals surface area contributed by atoms with Crippen LogP contribution in [0.2, 0.25) is 0 Å². The highest BCUT2D eigenvalue weighted by molar-refractivity contribution is 7.80. The number of nitrogens with two attached hydrogens (primary N) is 1. The third-order valence-corrected chi connectivity index (χ3v) is 3.26. The number of non-ortho nitro benzene ring substituents is 1. The molecule has 0 aliphatic heterocycles. The third-order valence-electron chi connectivity index (χ3n) is 3.01. The van der Waals surface area contributed by atoms with Gasteiger partial charge in [0.15, 0.2) is 5.11 Å². The predicted molar refractivity (Wildman–Crippen MR) is 90.9 cm³/mol. The van der Waals surface area contributed by atoms with E-state index in [1.807, 2.05) is 30.3 Å². The summed E-state index contributed by atoms with van der Waals surface area (Å²) < 4.78 is 0. The van der Waals surface area contributed by atoms with Crippen LogP contribution >= 0.6 is 12.2 Å². The zero-order chi connectivity index (χ0) is 16.8. The Kier molecular flexibility index (Phi) is 5.21. The normalized spacial score (nSPS) is 9.91. The monoisotopic (exact) mass is 330 g/mol. The molecular weight excluding hydrogens is 316 g/mol. The van der Waals surface area contributed by atoms with Crippen molar-refractivity contribution in [3.63, 3.8) is 0 Å². The Morgan fingerprint density at radius 1 is 1.22 bits per heavy atom. The van der Waals surface area contributed by atoms with Gasteiger partial charge >= 0.3 is 0 Å². The minimum absolute atomic E-state index is 0.0163.